The molecule has 1 aromatic rings. The molecule has 2 N–H and O–H groups in total. The normalized spacial score (nSPS) is 14.8. The highest BCUT2D eigenvalue weighted by atomic mass is 16.4. The highest BCUT2D eigenvalue weighted by Crippen LogP contribution is 2.24. The summed E-state index contributed by atoms with van der Waals surface area (Å²) in [5.41, 5.74) is 1.59. The van der Waals surface area contributed by atoms with E-state index >= 15 is 0 Å². The molecule has 0 aliphatic rings. The number of hydrogen-bond donors (Lipinski definition) is 2. The summed E-state index contributed by atoms with van der Waals surface area (Å²) < 4.78 is 0. The predicted octanol–water partition coefficient (Wildman–Crippen LogP) is 1.75. The van der Waals surface area contributed by atoms with E-state index in [0.717, 1.165) is 5.56 Å². The topological polar surface area (TPSA) is 57.5 Å². The SMILES string of the molecule is Cc1ccccc1C(O)C(C)C(=O)O. The molecular weight excluding hydrogens is 180 g/mol. The van der Waals surface area contributed by atoms with Gasteiger partial charge in [-0.3, -0.25) is 4.79 Å². The highest BCUT2D eigenvalue weighted by Gasteiger charge is 2.23. The van der Waals surface area contributed by atoms with Gasteiger partial charge >= 0.3 is 5.97 Å². The predicted molar refractivity (Wildman–Crippen MR) is 52.9 cm³/mol. The van der Waals surface area contributed by atoms with Gasteiger partial charge in [0.2, 0.25) is 0 Å². The summed E-state index contributed by atoms with van der Waals surface area (Å²) in [6.45, 7) is 3.35. The molecule has 3 heteroatoms. The van der Waals surface area contributed by atoms with Crippen LogP contribution in [0.1, 0.15) is 24.2 Å². The lowest BCUT2D eigenvalue weighted by Gasteiger charge is -2.17. The maximum atomic E-state index is 10.7. The van der Waals surface area contributed by atoms with Gasteiger partial charge in [-0.25, -0.2) is 0 Å². The Morgan fingerprint density at radius 2 is 1.93 bits per heavy atom. The second-order valence-corrected chi connectivity index (χ2v) is 3.43. The van der Waals surface area contributed by atoms with Crippen LogP contribution in [0.25, 0.3) is 0 Å². The highest BCUT2D eigenvalue weighted by molar-refractivity contribution is 5.70. The van der Waals surface area contributed by atoms with Crippen LogP contribution in [0.15, 0.2) is 24.3 Å². The van der Waals surface area contributed by atoms with Gasteiger partial charge in [-0.2, -0.15) is 0 Å². The van der Waals surface area contributed by atoms with Crippen molar-refractivity contribution < 1.29 is 15.0 Å². The molecule has 3 nitrogen and oxygen atoms in total. The van der Waals surface area contributed by atoms with Crippen LogP contribution in [-0.2, 0) is 4.79 Å². The minimum absolute atomic E-state index is 0.683. The van der Waals surface area contributed by atoms with Gasteiger partial charge in [-0.15, -0.1) is 0 Å². The van der Waals surface area contributed by atoms with Crippen molar-refractivity contribution in [3.8, 4) is 0 Å². The fourth-order valence-corrected chi connectivity index (χ4v) is 1.32. The molecule has 0 aromatic heterocycles. The Balaban J connectivity index is 2.94. The Labute approximate surface area is 83.0 Å². The Hall–Kier alpha value is -1.35. The summed E-state index contributed by atoms with van der Waals surface area (Å²) in [7, 11) is 0. The van der Waals surface area contributed by atoms with Gasteiger partial charge in [0.15, 0.2) is 0 Å². The average Bonchev–Trinajstić information content (AvgIpc) is 2.16. The van der Waals surface area contributed by atoms with Crippen LogP contribution in [0.5, 0.6) is 0 Å². The second kappa shape index (κ2) is 4.24. The van der Waals surface area contributed by atoms with Gasteiger partial charge in [0.05, 0.1) is 12.0 Å². The average molecular weight is 194 g/mol. The van der Waals surface area contributed by atoms with Crippen molar-refractivity contribution in [1.82, 2.24) is 0 Å². The van der Waals surface area contributed by atoms with Gasteiger partial charge < -0.3 is 10.2 Å². The fourth-order valence-electron chi connectivity index (χ4n) is 1.32. The van der Waals surface area contributed by atoms with E-state index in [0.29, 0.717) is 5.56 Å². The first-order valence-corrected chi connectivity index (χ1v) is 4.50. The van der Waals surface area contributed by atoms with Crippen LogP contribution in [0.3, 0.4) is 0 Å². The number of carbonyl (C=O) groups is 1. The molecule has 1 rings (SSSR count). The third kappa shape index (κ3) is 2.12. The minimum atomic E-state index is -0.985. The largest absolute Gasteiger partial charge is 0.481 e. The molecule has 2 unspecified atom stereocenters. The lowest BCUT2D eigenvalue weighted by atomic mass is 9.94. The Morgan fingerprint density at radius 1 is 1.36 bits per heavy atom. The first kappa shape index (κ1) is 10.7. The van der Waals surface area contributed by atoms with E-state index < -0.39 is 18.0 Å². The molecule has 0 saturated heterocycles. The van der Waals surface area contributed by atoms with E-state index in [4.69, 9.17) is 5.11 Å². The van der Waals surface area contributed by atoms with E-state index in [1.165, 1.54) is 6.92 Å². The van der Waals surface area contributed by atoms with E-state index in [-0.39, 0.29) is 0 Å². The van der Waals surface area contributed by atoms with Crippen molar-refractivity contribution in [3.05, 3.63) is 35.4 Å². The fraction of sp³-hybridized carbons (Fsp3) is 0.364. The summed E-state index contributed by atoms with van der Waals surface area (Å²) >= 11 is 0. The van der Waals surface area contributed by atoms with E-state index in [1.54, 1.807) is 12.1 Å². The summed E-state index contributed by atoms with van der Waals surface area (Å²) in [6, 6.07) is 7.25. The minimum Gasteiger partial charge on any atom is -0.481 e. The van der Waals surface area contributed by atoms with E-state index in [9.17, 15) is 9.90 Å². The Morgan fingerprint density at radius 3 is 2.43 bits per heavy atom. The molecule has 1 aromatic carbocycles. The first-order valence-electron chi connectivity index (χ1n) is 4.50. The van der Waals surface area contributed by atoms with E-state index in [2.05, 4.69) is 0 Å². The first-order chi connectivity index (χ1) is 6.54. The monoisotopic (exact) mass is 194 g/mol. The Kier molecular flexibility index (Phi) is 3.25. The van der Waals surface area contributed by atoms with Crippen molar-refractivity contribution in [1.29, 1.82) is 0 Å². The van der Waals surface area contributed by atoms with Crippen LogP contribution in [0.2, 0.25) is 0 Å². The number of aliphatic hydroxyl groups is 1. The Bertz CT molecular complexity index is 333. The molecule has 0 amide bonds. The maximum Gasteiger partial charge on any atom is 0.309 e. The lowest BCUT2D eigenvalue weighted by Crippen LogP contribution is -2.19. The van der Waals surface area contributed by atoms with Crippen LogP contribution >= 0.6 is 0 Å². The quantitative estimate of drug-likeness (QED) is 0.770. The summed E-state index contributed by atoms with van der Waals surface area (Å²) in [6.07, 6.45) is -0.936. The van der Waals surface area contributed by atoms with Gasteiger partial charge in [0.1, 0.15) is 0 Å². The molecule has 0 saturated carbocycles. The molecule has 0 fully saturated rings. The van der Waals surface area contributed by atoms with Crippen LogP contribution in [0, 0.1) is 12.8 Å². The molecule has 0 aliphatic heterocycles. The van der Waals surface area contributed by atoms with Crippen LogP contribution in [-0.4, -0.2) is 16.2 Å². The van der Waals surface area contributed by atoms with Crippen LogP contribution < -0.4 is 0 Å². The zero-order valence-electron chi connectivity index (χ0n) is 8.27. The third-order valence-corrected chi connectivity index (χ3v) is 2.37. The smallest absolute Gasteiger partial charge is 0.309 e. The molecule has 0 bridgehead atoms. The molecule has 2 atom stereocenters. The molecule has 14 heavy (non-hydrogen) atoms. The van der Waals surface area contributed by atoms with Crippen molar-refractivity contribution in [3.63, 3.8) is 0 Å². The number of rotatable bonds is 3. The van der Waals surface area contributed by atoms with E-state index in [1.807, 2.05) is 19.1 Å². The maximum absolute atomic E-state index is 10.7. The van der Waals surface area contributed by atoms with Crippen molar-refractivity contribution in [2.75, 3.05) is 0 Å². The summed E-state index contributed by atoms with van der Waals surface area (Å²) in [5.74, 6) is -1.77. The zero-order chi connectivity index (χ0) is 10.7. The molecule has 76 valence electrons. The number of aryl methyl sites for hydroxylation is 1. The number of aliphatic hydroxyl groups excluding tert-OH is 1. The number of aliphatic carboxylic acids is 1. The van der Waals surface area contributed by atoms with Crippen molar-refractivity contribution in [2.24, 2.45) is 5.92 Å². The van der Waals surface area contributed by atoms with Crippen molar-refractivity contribution >= 4 is 5.97 Å². The summed E-state index contributed by atoms with van der Waals surface area (Å²) in [5, 5.41) is 18.5. The van der Waals surface area contributed by atoms with Crippen molar-refractivity contribution in [2.45, 2.75) is 20.0 Å². The van der Waals surface area contributed by atoms with Gasteiger partial charge in [-0.05, 0) is 25.0 Å². The lowest BCUT2D eigenvalue weighted by molar-refractivity contribution is -0.145. The number of benzene rings is 1. The van der Waals surface area contributed by atoms with Crippen LogP contribution in [0.4, 0.5) is 0 Å². The standard InChI is InChI=1S/C11H14O3/c1-7-5-3-4-6-9(7)10(12)8(2)11(13)14/h3-6,8,10,12H,1-2H3,(H,13,14). The zero-order valence-corrected chi connectivity index (χ0v) is 8.27. The van der Waals surface area contributed by atoms with Gasteiger partial charge in [0, 0.05) is 0 Å². The third-order valence-electron chi connectivity index (χ3n) is 2.37. The molecule has 0 radical (unpaired) electrons. The molecular formula is C11H14O3. The number of hydrogen-bond acceptors (Lipinski definition) is 2. The summed E-state index contributed by atoms with van der Waals surface area (Å²) in [4.78, 5) is 10.7. The van der Waals surface area contributed by atoms with Gasteiger partial charge in [0.25, 0.3) is 0 Å². The molecule has 0 spiro atoms. The number of carboxylic acid groups (broad SMARTS) is 1. The van der Waals surface area contributed by atoms with Gasteiger partial charge in [-0.1, -0.05) is 24.3 Å². The number of carboxylic acids is 1. The molecule has 0 aliphatic carbocycles. The molecule has 0 heterocycles. The second-order valence-electron chi connectivity index (χ2n) is 3.43.